The largest absolute Gasteiger partial charge is 0.334 e. The van der Waals surface area contributed by atoms with Crippen LogP contribution in [0, 0.1) is 23.2 Å². The van der Waals surface area contributed by atoms with Crippen molar-refractivity contribution in [3.63, 3.8) is 0 Å². The number of amides is 1. The van der Waals surface area contributed by atoms with Gasteiger partial charge in [-0.1, -0.05) is 13.0 Å². The Balaban J connectivity index is 1.36. The number of fused-ring (bicyclic) bond motifs is 2. The third kappa shape index (κ3) is 2.37. The maximum absolute atomic E-state index is 12.3. The fraction of sp³-hybridized carbons (Fsp3) is 0.529. The molecule has 1 N–H and O–H groups in total. The second-order valence-corrected chi connectivity index (χ2v) is 7.73. The zero-order chi connectivity index (χ0) is 15.3. The Morgan fingerprint density at radius 2 is 2.45 bits per heavy atom. The molecule has 2 fully saturated rings. The van der Waals surface area contributed by atoms with E-state index in [-0.39, 0.29) is 5.91 Å². The third-order valence-electron chi connectivity index (χ3n) is 5.27. The minimum absolute atomic E-state index is 0.0907. The quantitative estimate of drug-likeness (QED) is 0.850. The van der Waals surface area contributed by atoms with E-state index in [1.165, 1.54) is 21.8 Å². The number of hydrogen-bond acceptors (Lipinski definition) is 4. The Morgan fingerprint density at radius 3 is 3.18 bits per heavy atom. The van der Waals surface area contributed by atoms with Crippen molar-refractivity contribution in [1.82, 2.24) is 10.2 Å². The number of carbonyl (C=O) groups excluding carboxylic acids is 1. The molecule has 3 heterocycles. The van der Waals surface area contributed by atoms with Gasteiger partial charge in [-0.05, 0) is 36.3 Å². The van der Waals surface area contributed by atoms with Gasteiger partial charge in [0.15, 0.2) is 0 Å². The molecule has 5 heteroatoms. The van der Waals surface area contributed by atoms with Crippen LogP contribution in [0.3, 0.4) is 0 Å². The SMILES string of the molecule is CC1C2CC(/C=C/C(=O)N3CCc4cc(C#N)sc4C3)NC12. The van der Waals surface area contributed by atoms with Gasteiger partial charge in [0.05, 0.1) is 6.54 Å². The Morgan fingerprint density at radius 1 is 1.59 bits per heavy atom. The fourth-order valence-corrected chi connectivity index (χ4v) is 4.82. The molecule has 0 radical (unpaired) electrons. The standard InChI is InChI=1S/C17H19N3OS/c1-10-14-7-12(19-17(10)14)2-3-16(21)20-5-4-11-6-13(8-18)22-15(11)9-20/h2-3,6,10,12,14,17,19H,4-5,7,9H2,1H3/b3-2+. The van der Waals surface area contributed by atoms with E-state index in [9.17, 15) is 4.79 Å². The van der Waals surface area contributed by atoms with Crippen LogP contribution in [0.15, 0.2) is 18.2 Å². The molecule has 4 atom stereocenters. The number of nitriles is 1. The molecule has 0 aromatic carbocycles. The zero-order valence-corrected chi connectivity index (χ0v) is 13.4. The zero-order valence-electron chi connectivity index (χ0n) is 12.6. The van der Waals surface area contributed by atoms with Crippen LogP contribution in [0.2, 0.25) is 0 Å². The molecule has 4 rings (SSSR count). The van der Waals surface area contributed by atoms with Crippen LogP contribution in [-0.4, -0.2) is 29.4 Å². The van der Waals surface area contributed by atoms with Gasteiger partial charge in [0.25, 0.3) is 0 Å². The Bertz CT molecular complexity index is 675. The van der Waals surface area contributed by atoms with Crippen molar-refractivity contribution in [2.75, 3.05) is 6.54 Å². The van der Waals surface area contributed by atoms with Gasteiger partial charge in [-0.25, -0.2) is 0 Å². The van der Waals surface area contributed by atoms with Crippen molar-refractivity contribution in [3.05, 3.63) is 33.5 Å². The first kappa shape index (κ1) is 14.0. The van der Waals surface area contributed by atoms with Crippen LogP contribution in [0.25, 0.3) is 0 Å². The first-order valence-electron chi connectivity index (χ1n) is 7.90. The lowest BCUT2D eigenvalue weighted by atomic mass is 10.1. The molecular weight excluding hydrogens is 294 g/mol. The van der Waals surface area contributed by atoms with Crippen LogP contribution in [0.4, 0.5) is 0 Å². The first-order valence-corrected chi connectivity index (χ1v) is 8.72. The third-order valence-corrected chi connectivity index (χ3v) is 6.34. The van der Waals surface area contributed by atoms with E-state index in [1.54, 1.807) is 6.08 Å². The summed E-state index contributed by atoms with van der Waals surface area (Å²) in [5.41, 5.74) is 1.24. The first-order chi connectivity index (χ1) is 10.7. The van der Waals surface area contributed by atoms with Gasteiger partial charge in [0, 0.05) is 29.6 Å². The summed E-state index contributed by atoms with van der Waals surface area (Å²) in [5, 5.41) is 12.5. The number of nitrogens with one attached hydrogen (secondary N) is 1. The van der Waals surface area contributed by atoms with E-state index in [2.05, 4.69) is 18.3 Å². The van der Waals surface area contributed by atoms with Gasteiger partial charge in [0.2, 0.25) is 5.91 Å². The Hall–Kier alpha value is -1.64. The molecule has 0 bridgehead atoms. The number of nitrogens with zero attached hydrogens (tertiary/aromatic N) is 2. The molecule has 3 aliphatic rings. The molecule has 1 aliphatic carbocycles. The highest BCUT2D eigenvalue weighted by Crippen LogP contribution is 2.47. The highest BCUT2D eigenvalue weighted by atomic mass is 32.1. The minimum Gasteiger partial charge on any atom is -0.334 e. The fourth-order valence-electron chi connectivity index (χ4n) is 3.79. The second-order valence-electron chi connectivity index (χ2n) is 6.60. The number of piperidine rings is 1. The summed E-state index contributed by atoms with van der Waals surface area (Å²) in [4.78, 5) is 16.1. The molecule has 1 aromatic rings. The van der Waals surface area contributed by atoms with Crippen molar-refractivity contribution >= 4 is 17.2 Å². The lowest BCUT2D eigenvalue weighted by Gasteiger charge is -2.25. The second kappa shape index (κ2) is 5.22. The normalized spacial score (nSPS) is 32.6. The Kier molecular flexibility index (Phi) is 3.32. The van der Waals surface area contributed by atoms with Crippen LogP contribution in [-0.2, 0) is 17.8 Å². The van der Waals surface area contributed by atoms with Gasteiger partial charge in [-0.3, -0.25) is 4.79 Å². The van der Waals surface area contributed by atoms with Crippen LogP contribution < -0.4 is 5.32 Å². The van der Waals surface area contributed by atoms with E-state index < -0.39 is 0 Å². The van der Waals surface area contributed by atoms with Gasteiger partial charge >= 0.3 is 0 Å². The average Bonchev–Trinajstić information content (AvgIpc) is 2.94. The van der Waals surface area contributed by atoms with Gasteiger partial charge in [-0.15, -0.1) is 11.3 Å². The van der Waals surface area contributed by atoms with Crippen molar-refractivity contribution in [3.8, 4) is 6.07 Å². The molecule has 1 aromatic heterocycles. The minimum atomic E-state index is 0.0907. The van der Waals surface area contributed by atoms with Crippen LogP contribution in [0.5, 0.6) is 0 Å². The molecule has 1 saturated carbocycles. The van der Waals surface area contributed by atoms with E-state index in [1.807, 2.05) is 17.0 Å². The molecule has 0 spiro atoms. The predicted octanol–water partition coefficient (Wildman–Crippen LogP) is 2.06. The molecule has 1 amide bonds. The smallest absolute Gasteiger partial charge is 0.246 e. The molecular formula is C17H19N3OS. The van der Waals surface area contributed by atoms with E-state index in [0.29, 0.717) is 18.6 Å². The summed E-state index contributed by atoms with van der Waals surface area (Å²) in [6, 6.07) is 5.20. The van der Waals surface area contributed by atoms with E-state index in [0.717, 1.165) is 36.1 Å². The summed E-state index contributed by atoms with van der Waals surface area (Å²) in [6.07, 6.45) is 5.79. The molecule has 4 unspecified atom stereocenters. The number of thiophene rings is 1. The van der Waals surface area contributed by atoms with Crippen molar-refractivity contribution in [1.29, 1.82) is 5.26 Å². The number of hydrogen-bond donors (Lipinski definition) is 1. The van der Waals surface area contributed by atoms with Crippen LogP contribution >= 0.6 is 11.3 Å². The number of carbonyl (C=O) groups is 1. The van der Waals surface area contributed by atoms with Crippen molar-refractivity contribution < 1.29 is 4.79 Å². The van der Waals surface area contributed by atoms with E-state index in [4.69, 9.17) is 5.26 Å². The Labute approximate surface area is 134 Å². The predicted molar refractivity (Wildman–Crippen MR) is 85.3 cm³/mol. The van der Waals surface area contributed by atoms with Crippen molar-refractivity contribution in [2.45, 2.75) is 38.4 Å². The maximum atomic E-state index is 12.3. The summed E-state index contributed by atoms with van der Waals surface area (Å²) in [5.74, 6) is 1.72. The lowest BCUT2D eigenvalue weighted by molar-refractivity contribution is -0.126. The number of rotatable bonds is 2. The lowest BCUT2D eigenvalue weighted by Crippen LogP contribution is -2.34. The van der Waals surface area contributed by atoms with E-state index >= 15 is 0 Å². The highest BCUT2D eigenvalue weighted by molar-refractivity contribution is 7.12. The summed E-state index contributed by atoms with van der Waals surface area (Å²) in [6.45, 7) is 3.68. The average molecular weight is 313 g/mol. The van der Waals surface area contributed by atoms with Gasteiger partial charge in [-0.2, -0.15) is 5.26 Å². The molecule has 2 aliphatic heterocycles. The summed E-state index contributed by atoms with van der Waals surface area (Å²) >= 11 is 1.51. The molecule has 22 heavy (non-hydrogen) atoms. The van der Waals surface area contributed by atoms with Crippen LogP contribution in [0.1, 0.15) is 28.7 Å². The monoisotopic (exact) mass is 313 g/mol. The van der Waals surface area contributed by atoms with Crippen molar-refractivity contribution in [2.24, 2.45) is 11.8 Å². The molecule has 114 valence electrons. The van der Waals surface area contributed by atoms with Gasteiger partial charge < -0.3 is 10.2 Å². The molecule has 4 nitrogen and oxygen atoms in total. The summed E-state index contributed by atoms with van der Waals surface area (Å²) < 4.78 is 0. The summed E-state index contributed by atoms with van der Waals surface area (Å²) in [7, 11) is 0. The highest BCUT2D eigenvalue weighted by Gasteiger charge is 2.52. The topological polar surface area (TPSA) is 56.1 Å². The van der Waals surface area contributed by atoms with Gasteiger partial charge in [0.1, 0.15) is 10.9 Å². The molecule has 1 saturated heterocycles. The maximum Gasteiger partial charge on any atom is 0.246 e.